The Labute approximate surface area is 116 Å². The first-order valence-corrected chi connectivity index (χ1v) is 6.34. The molecular formula is C14H17NO5. The van der Waals surface area contributed by atoms with Crippen LogP contribution in [-0.2, 0) is 20.9 Å². The summed E-state index contributed by atoms with van der Waals surface area (Å²) in [7, 11) is 0. The number of carboxylic acids is 1. The van der Waals surface area contributed by atoms with E-state index < -0.39 is 17.5 Å². The lowest BCUT2D eigenvalue weighted by Gasteiger charge is -2.40. The van der Waals surface area contributed by atoms with Crippen molar-refractivity contribution in [1.82, 2.24) is 5.32 Å². The number of carboxylic acid groups (broad SMARTS) is 1. The minimum Gasteiger partial charge on any atom is -0.481 e. The lowest BCUT2D eigenvalue weighted by Crippen LogP contribution is -2.52. The third-order valence-corrected chi connectivity index (χ3v) is 3.16. The number of hydrogen-bond acceptors (Lipinski definition) is 4. The van der Waals surface area contributed by atoms with Crippen LogP contribution in [0.1, 0.15) is 12.0 Å². The molecule has 2 N–H and O–H groups in total. The van der Waals surface area contributed by atoms with E-state index in [4.69, 9.17) is 14.6 Å². The summed E-state index contributed by atoms with van der Waals surface area (Å²) in [5.41, 5.74) is 0.396. The lowest BCUT2D eigenvalue weighted by molar-refractivity contribution is -0.155. The van der Waals surface area contributed by atoms with E-state index in [0.717, 1.165) is 5.56 Å². The number of alkyl carbamates (subject to hydrolysis) is 1. The largest absolute Gasteiger partial charge is 0.481 e. The number of rotatable bonds is 6. The molecule has 0 atom stereocenters. The van der Waals surface area contributed by atoms with Gasteiger partial charge in [0, 0.05) is 12.0 Å². The molecule has 1 fully saturated rings. The van der Waals surface area contributed by atoms with E-state index in [1.54, 1.807) is 0 Å². The molecule has 1 aromatic rings. The number of hydrogen-bond donors (Lipinski definition) is 2. The van der Waals surface area contributed by atoms with Crippen LogP contribution >= 0.6 is 0 Å². The monoisotopic (exact) mass is 279 g/mol. The maximum absolute atomic E-state index is 11.6. The molecule has 0 spiro atoms. The first-order chi connectivity index (χ1) is 9.60. The van der Waals surface area contributed by atoms with Gasteiger partial charge in [-0.15, -0.1) is 0 Å². The van der Waals surface area contributed by atoms with Gasteiger partial charge >= 0.3 is 12.1 Å². The maximum Gasteiger partial charge on any atom is 0.407 e. The highest BCUT2D eigenvalue weighted by atomic mass is 16.5. The fourth-order valence-corrected chi connectivity index (χ4v) is 2.01. The highest BCUT2D eigenvalue weighted by Gasteiger charge is 2.41. The summed E-state index contributed by atoms with van der Waals surface area (Å²) in [6, 6.07) is 9.34. The van der Waals surface area contributed by atoms with Crippen molar-refractivity contribution < 1.29 is 24.2 Å². The zero-order chi connectivity index (χ0) is 14.4. The number of nitrogens with one attached hydrogen (secondary N) is 1. The summed E-state index contributed by atoms with van der Waals surface area (Å²) in [4.78, 5) is 22.3. The van der Waals surface area contributed by atoms with Gasteiger partial charge in [0.05, 0.1) is 19.6 Å². The molecule has 1 aromatic carbocycles. The number of amides is 1. The van der Waals surface area contributed by atoms with Crippen LogP contribution in [0.2, 0.25) is 0 Å². The van der Waals surface area contributed by atoms with Crippen LogP contribution in [0.4, 0.5) is 4.79 Å². The number of carbonyl (C=O) groups excluding carboxylic acids is 1. The third kappa shape index (κ3) is 3.96. The Balaban J connectivity index is 1.73. The van der Waals surface area contributed by atoms with E-state index in [1.165, 1.54) is 0 Å². The average molecular weight is 279 g/mol. The molecule has 0 aliphatic carbocycles. The molecule has 1 amide bonds. The third-order valence-electron chi connectivity index (χ3n) is 3.16. The van der Waals surface area contributed by atoms with Crippen molar-refractivity contribution >= 4 is 12.1 Å². The molecule has 2 rings (SSSR count). The van der Waals surface area contributed by atoms with E-state index in [-0.39, 0.29) is 19.6 Å². The first kappa shape index (κ1) is 14.3. The molecule has 6 nitrogen and oxygen atoms in total. The molecule has 1 heterocycles. The zero-order valence-electron chi connectivity index (χ0n) is 11.0. The van der Waals surface area contributed by atoms with E-state index in [2.05, 4.69) is 5.32 Å². The molecule has 0 bridgehead atoms. The topological polar surface area (TPSA) is 84.9 Å². The molecule has 0 unspecified atom stereocenters. The molecule has 20 heavy (non-hydrogen) atoms. The van der Waals surface area contributed by atoms with Gasteiger partial charge in [0.1, 0.15) is 6.61 Å². The number of aliphatic carboxylic acids is 1. The Kier molecular flexibility index (Phi) is 4.57. The van der Waals surface area contributed by atoms with Crippen molar-refractivity contribution in [2.24, 2.45) is 5.41 Å². The van der Waals surface area contributed by atoms with Gasteiger partial charge in [0.25, 0.3) is 0 Å². The Morgan fingerprint density at radius 3 is 2.55 bits per heavy atom. The summed E-state index contributed by atoms with van der Waals surface area (Å²) in [6.45, 7) is 1.12. The fraction of sp³-hybridized carbons (Fsp3) is 0.429. The second kappa shape index (κ2) is 6.38. The number of carbonyl (C=O) groups is 2. The molecule has 1 aliphatic heterocycles. The van der Waals surface area contributed by atoms with Gasteiger partial charge in [-0.2, -0.15) is 0 Å². The molecule has 108 valence electrons. The minimum atomic E-state index is -0.896. The predicted molar refractivity (Wildman–Crippen MR) is 70.1 cm³/mol. The van der Waals surface area contributed by atoms with Crippen LogP contribution in [0.5, 0.6) is 0 Å². The van der Waals surface area contributed by atoms with Crippen molar-refractivity contribution in [1.29, 1.82) is 0 Å². The van der Waals surface area contributed by atoms with Crippen LogP contribution in [-0.4, -0.2) is 36.9 Å². The van der Waals surface area contributed by atoms with Gasteiger partial charge in [-0.1, -0.05) is 30.3 Å². The number of benzene rings is 1. The fourth-order valence-electron chi connectivity index (χ4n) is 2.01. The normalized spacial score (nSPS) is 16.0. The van der Waals surface area contributed by atoms with Crippen molar-refractivity contribution in [3.8, 4) is 0 Å². The second-order valence-electron chi connectivity index (χ2n) is 4.98. The van der Waals surface area contributed by atoms with Crippen molar-refractivity contribution in [2.45, 2.75) is 13.0 Å². The highest BCUT2D eigenvalue weighted by Crippen LogP contribution is 2.30. The average Bonchev–Trinajstić information content (AvgIpc) is 2.40. The number of ether oxygens (including phenoxy) is 2. The summed E-state index contributed by atoms with van der Waals surface area (Å²) in [6.07, 6.45) is -0.572. The van der Waals surface area contributed by atoms with Crippen LogP contribution in [0.25, 0.3) is 0 Å². The molecule has 0 radical (unpaired) electrons. The minimum absolute atomic E-state index is 0.0219. The Morgan fingerprint density at radius 2 is 2.00 bits per heavy atom. The lowest BCUT2D eigenvalue weighted by atomic mass is 9.82. The van der Waals surface area contributed by atoms with E-state index >= 15 is 0 Å². The van der Waals surface area contributed by atoms with Gasteiger partial charge in [0.15, 0.2) is 0 Å². The van der Waals surface area contributed by atoms with Gasteiger partial charge in [-0.25, -0.2) is 4.79 Å². The van der Waals surface area contributed by atoms with E-state index in [1.807, 2.05) is 30.3 Å². The molecule has 0 aromatic heterocycles. The maximum atomic E-state index is 11.6. The van der Waals surface area contributed by atoms with E-state index in [9.17, 15) is 9.59 Å². The molecule has 1 aliphatic rings. The smallest absolute Gasteiger partial charge is 0.407 e. The quantitative estimate of drug-likeness (QED) is 0.822. The van der Waals surface area contributed by atoms with Gasteiger partial charge in [-0.3, -0.25) is 4.79 Å². The van der Waals surface area contributed by atoms with Gasteiger partial charge in [0.2, 0.25) is 0 Å². The standard InChI is InChI=1S/C14H17NO5/c16-12(17)6-14(9-19-10-14)8-15-13(18)20-7-11-4-2-1-3-5-11/h1-5H,6-10H2,(H,15,18)(H,16,17). The zero-order valence-corrected chi connectivity index (χ0v) is 11.0. The molecule has 1 saturated heterocycles. The second-order valence-corrected chi connectivity index (χ2v) is 4.98. The molecule has 0 saturated carbocycles. The van der Waals surface area contributed by atoms with E-state index in [0.29, 0.717) is 13.2 Å². The van der Waals surface area contributed by atoms with Crippen LogP contribution < -0.4 is 5.32 Å². The summed E-state index contributed by atoms with van der Waals surface area (Å²) in [5, 5.41) is 11.4. The first-order valence-electron chi connectivity index (χ1n) is 6.34. The summed E-state index contributed by atoms with van der Waals surface area (Å²) < 4.78 is 10.1. The van der Waals surface area contributed by atoms with Crippen LogP contribution in [0.3, 0.4) is 0 Å². The van der Waals surface area contributed by atoms with Crippen LogP contribution in [0, 0.1) is 5.41 Å². The Bertz CT molecular complexity index is 470. The summed E-state index contributed by atoms with van der Waals surface area (Å²) >= 11 is 0. The van der Waals surface area contributed by atoms with Gasteiger partial charge in [-0.05, 0) is 5.56 Å². The highest BCUT2D eigenvalue weighted by molar-refractivity contribution is 5.69. The van der Waals surface area contributed by atoms with Crippen molar-refractivity contribution in [3.05, 3.63) is 35.9 Å². The summed E-state index contributed by atoms with van der Waals surface area (Å²) in [5.74, 6) is -0.896. The Hall–Kier alpha value is -2.08. The molecular weight excluding hydrogens is 262 g/mol. The van der Waals surface area contributed by atoms with Gasteiger partial charge < -0.3 is 19.9 Å². The van der Waals surface area contributed by atoms with Crippen LogP contribution in [0.15, 0.2) is 30.3 Å². The SMILES string of the molecule is O=C(O)CC1(CNC(=O)OCc2ccccc2)COC1. The Morgan fingerprint density at radius 1 is 1.30 bits per heavy atom. The van der Waals surface area contributed by atoms with Crippen molar-refractivity contribution in [2.75, 3.05) is 19.8 Å². The molecule has 6 heteroatoms. The van der Waals surface area contributed by atoms with Crippen molar-refractivity contribution in [3.63, 3.8) is 0 Å². The predicted octanol–water partition coefficient (Wildman–Crippen LogP) is 1.40.